The summed E-state index contributed by atoms with van der Waals surface area (Å²) in [6.45, 7) is 2.09. The first-order valence-electron chi connectivity index (χ1n) is 6.81. The minimum atomic E-state index is -0.646. The van der Waals surface area contributed by atoms with Gasteiger partial charge in [0, 0.05) is 13.6 Å². The molecule has 0 unspecified atom stereocenters. The number of benzene rings is 1. The second kappa shape index (κ2) is 6.84. The van der Waals surface area contributed by atoms with Crippen LogP contribution >= 0.6 is 31.9 Å². The Hall–Kier alpha value is -1.67. The van der Waals surface area contributed by atoms with E-state index in [9.17, 15) is 19.5 Å². The molecule has 1 aromatic rings. The zero-order chi connectivity index (χ0) is 17.3. The lowest BCUT2D eigenvalue weighted by molar-refractivity contribution is -0.135. The molecule has 23 heavy (non-hydrogen) atoms. The number of rotatable bonds is 3. The van der Waals surface area contributed by atoms with Crippen LogP contribution in [0.3, 0.4) is 0 Å². The van der Waals surface area contributed by atoms with Crippen LogP contribution in [0.5, 0.6) is 5.75 Å². The number of carbonyl (C=O) groups is 3. The fraction of sp³-hybridized carbons (Fsp3) is 0.267. The Labute approximate surface area is 150 Å². The van der Waals surface area contributed by atoms with Crippen LogP contribution in [-0.4, -0.2) is 46.3 Å². The summed E-state index contributed by atoms with van der Waals surface area (Å²) < 4.78 is 0.841. The van der Waals surface area contributed by atoms with Crippen molar-refractivity contribution in [3.05, 3.63) is 32.2 Å². The van der Waals surface area contributed by atoms with Gasteiger partial charge in [0.05, 0.1) is 8.95 Å². The number of nitrogens with zero attached hydrogens (tertiary/aromatic N) is 2. The van der Waals surface area contributed by atoms with E-state index in [1.807, 2.05) is 6.92 Å². The second-order valence-electron chi connectivity index (χ2n) is 4.99. The molecule has 122 valence electrons. The summed E-state index contributed by atoms with van der Waals surface area (Å²) in [5, 5.41) is 9.72. The van der Waals surface area contributed by atoms with Gasteiger partial charge in [-0.25, -0.2) is 4.79 Å². The van der Waals surface area contributed by atoms with Gasteiger partial charge >= 0.3 is 6.03 Å². The fourth-order valence-electron chi connectivity index (χ4n) is 2.15. The van der Waals surface area contributed by atoms with E-state index in [-0.39, 0.29) is 17.9 Å². The van der Waals surface area contributed by atoms with Crippen molar-refractivity contribution in [2.75, 3.05) is 13.6 Å². The fourth-order valence-corrected chi connectivity index (χ4v) is 3.37. The molecule has 6 nitrogen and oxygen atoms in total. The van der Waals surface area contributed by atoms with Crippen molar-refractivity contribution in [3.8, 4) is 5.75 Å². The molecule has 4 amide bonds. The third-order valence-electron chi connectivity index (χ3n) is 3.33. The monoisotopic (exact) mass is 444 g/mol. The summed E-state index contributed by atoms with van der Waals surface area (Å²) in [6, 6.07) is 2.54. The van der Waals surface area contributed by atoms with Gasteiger partial charge in [-0.05, 0) is 62.1 Å². The maximum absolute atomic E-state index is 12.4. The number of aromatic hydroxyl groups is 1. The van der Waals surface area contributed by atoms with Crippen LogP contribution in [0.15, 0.2) is 26.7 Å². The smallest absolute Gasteiger partial charge is 0.333 e. The Morgan fingerprint density at radius 2 is 1.70 bits per heavy atom. The van der Waals surface area contributed by atoms with E-state index in [0.29, 0.717) is 20.9 Å². The predicted molar refractivity (Wildman–Crippen MR) is 91.7 cm³/mol. The molecule has 1 N–H and O–H groups in total. The van der Waals surface area contributed by atoms with E-state index >= 15 is 0 Å². The number of phenols is 1. The quantitative estimate of drug-likeness (QED) is 0.572. The molecule has 1 aliphatic heterocycles. The van der Waals surface area contributed by atoms with Gasteiger partial charge in [-0.1, -0.05) is 6.92 Å². The highest BCUT2D eigenvalue weighted by atomic mass is 79.9. The number of urea groups is 1. The number of barbiturate groups is 1. The molecule has 8 heteroatoms. The van der Waals surface area contributed by atoms with Crippen molar-refractivity contribution in [1.82, 2.24) is 9.80 Å². The molecule has 2 rings (SSSR count). The molecule has 1 heterocycles. The summed E-state index contributed by atoms with van der Waals surface area (Å²) in [6.07, 6.45) is 2.01. The Kier molecular flexibility index (Phi) is 5.26. The van der Waals surface area contributed by atoms with Gasteiger partial charge in [-0.15, -0.1) is 0 Å². The molecule has 0 spiro atoms. The van der Waals surface area contributed by atoms with Gasteiger partial charge in [-0.2, -0.15) is 0 Å². The van der Waals surface area contributed by atoms with Gasteiger partial charge in [0.15, 0.2) is 0 Å². The molecule has 0 bridgehead atoms. The molecular formula is C15H14Br2N2O4. The average Bonchev–Trinajstić information content (AvgIpc) is 2.51. The van der Waals surface area contributed by atoms with Crippen LogP contribution in [0, 0.1) is 0 Å². The largest absolute Gasteiger partial charge is 0.506 e. The summed E-state index contributed by atoms with van der Waals surface area (Å²) in [4.78, 5) is 38.7. The SMILES string of the molecule is CCCN1C(=O)C(=Cc2cc(Br)c(O)c(Br)c2)C(=O)N(C)C1=O. The first-order valence-corrected chi connectivity index (χ1v) is 8.40. The van der Waals surface area contributed by atoms with Crippen LogP contribution in [0.25, 0.3) is 6.08 Å². The Morgan fingerprint density at radius 3 is 2.22 bits per heavy atom. The molecular weight excluding hydrogens is 432 g/mol. The first kappa shape index (κ1) is 17.7. The van der Waals surface area contributed by atoms with Crippen molar-refractivity contribution in [2.45, 2.75) is 13.3 Å². The second-order valence-corrected chi connectivity index (χ2v) is 6.70. The highest BCUT2D eigenvalue weighted by Crippen LogP contribution is 2.34. The van der Waals surface area contributed by atoms with Gasteiger partial charge in [-0.3, -0.25) is 19.4 Å². The topological polar surface area (TPSA) is 77.9 Å². The van der Waals surface area contributed by atoms with Crippen molar-refractivity contribution < 1.29 is 19.5 Å². The lowest BCUT2D eigenvalue weighted by atomic mass is 10.1. The van der Waals surface area contributed by atoms with Crippen molar-refractivity contribution >= 4 is 55.8 Å². The Morgan fingerprint density at radius 1 is 1.13 bits per heavy atom. The molecule has 0 aliphatic carbocycles. The third kappa shape index (κ3) is 3.32. The normalized spacial score (nSPS) is 17.4. The molecule has 0 radical (unpaired) electrons. The van der Waals surface area contributed by atoms with E-state index in [1.165, 1.54) is 13.1 Å². The van der Waals surface area contributed by atoms with E-state index in [1.54, 1.807) is 12.1 Å². The maximum Gasteiger partial charge on any atom is 0.333 e. The standard InChI is InChI=1S/C15H14Br2N2O4/c1-3-4-19-14(22)9(13(21)18(2)15(19)23)5-8-6-10(16)12(20)11(17)7-8/h5-7,20H,3-4H2,1-2H3. The lowest BCUT2D eigenvalue weighted by Crippen LogP contribution is -2.54. The highest BCUT2D eigenvalue weighted by Gasteiger charge is 2.39. The van der Waals surface area contributed by atoms with E-state index in [4.69, 9.17) is 0 Å². The van der Waals surface area contributed by atoms with Gasteiger partial charge in [0.2, 0.25) is 0 Å². The minimum Gasteiger partial charge on any atom is -0.506 e. The van der Waals surface area contributed by atoms with E-state index in [2.05, 4.69) is 31.9 Å². The zero-order valence-electron chi connectivity index (χ0n) is 12.5. The predicted octanol–water partition coefficient (Wildman–Crippen LogP) is 3.13. The highest BCUT2D eigenvalue weighted by molar-refractivity contribution is 9.11. The van der Waals surface area contributed by atoms with Crippen LogP contribution in [0.1, 0.15) is 18.9 Å². The van der Waals surface area contributed by atoms with Crippen molar-refractivity contribution in [1.29, 1.82) is 0 Å². The number of hydrogen-bond acceptors (Lipinski definition) is 4. The summed E-state index contributed by atoms with van der Waals surface area (Å²) in [5.74, 6) is -1.23. The Balaban J connectivity index is 2.49. The molecule has 0 aromatic heterocycles. The lowest BCUT2D eigenvalue weighted by Gasteiger charge is -2.31. The number of carbonyl (C=O) groups excluding carboxylic acids is 3. The van der Waals surface area contributed by atoms with E-state index in [0.717, 1.165) is 9.80 Å². The van der Waals surface area contributed by atoms with Gasteiger partial charge < -0.3 is 5.11 Å². The van der Waals surface area contributed by atoms with E-state index < -0.39 is 17.8 Å². The van der Waals surface area contributed by atoms with Crippen LogP contribution in [0.2, 0.25) is 0 Å². The van der Waals surface area contributed by atoms with Crippen LogP contribution in [-0.2, 0) is 9.59 Å². The summed E-state index contributed by atoms with van der Waals surface area (Å²) in [5.41, 5.74) is 0.447. The number of halogens is 2. The molecule has 0 atom stereocenters. The third-order valence-corrected chi connectivity index (χ3v) is 4.53. The first-order chi connectivity index (χ1) is 10.8. The average molecular weight is 446 g/mol. The van der Waals surface area contributed by atoms with Gasteiger partial charge in [0.25, 0.3) is 11.8 Å². The maximum atomic E-state index is 12.4. The minimum absolute atomic E-state index is 0.0216. The molecule has 1 aromatic carbocycles. The summed E-state index contributed by atoms with van der Waals surface area (Å²) >= 11 is 6.39. The Bertz CT molecular complexity index is 707. The van der Waals surface area contributed by atoms with Crippen LogP contribution in [0.4, 0.5) is 4.79 Å². The number of hydrogen-bond donors (Lipinski definition) is 1. The number of likely N-dealkylation sites (N-methyl/N-ethyl adjacent to an activating group) is 1. The van der Waals surface area contributed by atoms with Crippen molar-refractivity contribution in [3.63, 3.8) is 0 Å². The molecule has 0 saturated carbocycles. The molecule has 1 fully saturated rings. The molecule has 1 aliphatic rings. The van der Waals surface area contributed by atoms with Crippen molar-refractivity contribution in [2.24, 2.45) is 0 Å². The number of imide groups is 2. The van der Waals surface area contributed by atoms with Gasteiger partial charge in [0.1, 0.15) is 11.3 Å². The number of phenolic OH excluding ortho intramolecular Hbond substituents is 1. The number of amides is 4. The zero-order valence-corrected chi connectivity index (χ0v) is 15.6. The molecule has 1 saturated heterocycles. The van der Waals surface area contributed by atoms with Crippen LogP contribution < -0.4 is 0 Å². The summed E-state index contributed by atoms with van der Waals surface area (Å²) in [7, 11) is 1.34.